The first-order valence-corrected chi connectivity index (χ1v) is 5.07. The van der Waals surface area contributed by atoms with Crippen molar-refractivity contribution in [1.29, 1.82) is 0 Å². The molecule has 0 fully saturated rings. The molecule has 1 aliphatic heterocycles. The van der Waals surface area contributed by atoms with E-state index in [0.29, 0.717) is 11.5 Å². The molecule has 1 aromatic carbocycles. The number of rotatable bonds is 3. The number of nitrogens with one attached hydrogen (secondary N) is 1. The number of carbonyl (C=O) groups excluding carboxylic acids is 1. The van der Waals surface area contributed by atoms with Crippen LogP contribution in [0.1, 0.15) is 5.56 Å². The van der Waals surface area contributed by atoms with Crippen molar-refractivity contribution in [3.63, 3.8) is 0 Å². The van der Waals surface area contributed by atoms with Gasteiger partial charge in [0.1, 0.15) is 0 Å². The second-order valence-electron chi connectivity index (χ2n) is 3.38. The molecule has 1 aromatic rings. The number of ether oxygens (including phenoxy) is 3. The average Bonchev–Trinajstić information content (AvgIpc) is 2.84. The summed E-state index contributed by atoms with van der Waals surface area (Å²) in [4.78, 5) is 21.1. The highest BCUT2D eigenvalue weighted by atomic mass is 16.7. The third-order valence-corrected chi connectivity index (χ3v) is 2.26. The molecule has 0 radical (unpaired) electrons. The molecule has 100 valence electrons. The van der Waals surface area contributed by atoms with Crippen LogP contribution in [0.5, 0.6) is 11.5 Å². The van der Waals surface area contributed by atoms with E-state index in [1.165, 1.54) is 19.2 Å². The summed E-state index contributed by atoms with van der Waals surface area (Å²) in [5, 5.41) is 14.4. The summed E-state index contributed by atoms with van der Waals surface area (Å²) in [6.07, 6.45) is 0.344. The van der Waals surface area contributed by atoms with Crippen molar-refractivity contribution in [3.8, 4) is 11.5 Å². The Morgan fingerprint density at radius 2 is 2.21 bits per heavy atom. The Balaban J connectivity index is 2.28. The van der Waals surface area contributed by atoms with Crippen LogP contribution in [0, 0.1) is 10.1 Å². The van der Waals surface area contributed by atoms with E-state index in [1.807, 2.05) is 5.43 Å². The minimum atomic E-state index is -0.778. The fourth-order valence-corrected chi connectivity index (χ4v) is 1.41. The highest BCUT2D eigenvalue weighted by molar-refractivity contribution is 5.87. The summed E-state index contributed by atoms with van der Waals surface area (Å²) in [5.74, 6) is 0.676. The van der Waals surface area contributed by atoms with Crippen LogP contribution < -0.4 is 14.9 Å². The van der Waals surface area contributed by atoms with Gasteiger partial charge in [-0.05, 0) is 6.07 Å². The van der Waals surface area contributed by atoms with Crippen molar-refractivity contribution >= 4 is 18.0 Å². The SMILES string of the molecule is COC(=O)NN=Cc1cc2c(cc1[N+](=O)[O-])OCO2. The summed E-state index contributed by atoms with van der Waals surface area (Å²) >= 11 is 0. The van der Waals surface area contributed by atoms with E-state index in [9.17, 15) is 14.9 Å². The highest BCUT2D eigenvalue weighted by Crippen LogP contribution is 2.37. The number of hydrogen-bond donors (Lipinski definition) is 1. The Morgan fingerprint density at radius 1 is 1.53 bits per heavy atom. The van der Waals surface area contributed by atoms with Gasteiger partial charge in [0.2, 0.25) is 6.79 Å². The first-order valence-electron chi connectivity index (χ1n) is 5.07. The molecule has 1 heterocycles. The van der Waals surface area contributed by atoms with E-state index in [0.717, 1.165) is 6.21 Å². The predicted molar refractivity (Wildman–Crippen MR) is 62.4 cm³/mol. The number of nitro benzene ring substituents is 1. The highest BCUT2D eigenvalue weighted by Gasteiger charge is 2.22. The predicted octanol–water partition coefficient (Wildman–Crippen LogP) is 1.01. The van der Waals surface area contributed by atoms with Crippen molar-refractivity contribution < 1.29 is 23.9 Å². The maximum atomic E-state index is 10.9. The van der Waals surface area contributed by atoms with Gasteiger partial charge in [0, 0.05) is 0 Å². The zero-order chi connectivity index (χ0) is 13.8. The largest absolute Gasteiger partial charge is 0.454 e. The van der Waals surface area contributed by atoms with E-state index in [2.05, 4.69) is 9.84 Å². The minimum Gasteiger partial charge on any atom is -0.454 e. The molecular formula is C10H9N3O6. The van der Waals surface area contributed by atoms with Crippen molar-refractivity contribution in [2.24, 2.45) is 5.10 Å². The molecule has 9 heteroatoms. The van der Waals surface area contributed by atoms with Crippen LogP contribution in [-0.2, 0) is 4.74 Å². The van der Waals surface area contributed by atoms with E-state index in [1.54, 1.807) is 0 Å². The monoisotopic (exact) mass is 267 g/mol. The molecule has 0 bridgehead atoms. The number of fused-ring (bicyclic) bond motifs is 1. The summed E-state index contributed by atoms with van der Waals surface area (Å²) in [5.41, 5.74) is 1.99. The van der Waals surface area contributed by atoms with Gasteiger partial charge < -0.3 is 14.2 Å². The van der Waals surface area contributed by atoms with Gasteiger partial charge in [-0.2, -0.15) is 5.10 Å². The van der Waals surface area contributed by atoms with Crippen LogP contribution in [0.3, 0.4) is 0 Å². The molecule has 1 N–H and O–H groups in total. The third-order valence-electron chi connectivity index (χ3n) is 2.26. The van der Waals surface area contributed by atoms with Crippen molar-refractivity contribution in [2.45, 2.75) is 0 Å². The van der Waals surface area contributed by atoms with Gasteiger partial charge in [0.05, 0.1) is 29.9 Å². The van der Waals surface area contributed by atoms with Crippen molar-refractivity contribution in [2.75, 3.05) is 13.9 Å². The molecule has 1 amide bonds. The molecule has 0 aromatic heterocycles. The van der Waals surface area contributed by atoms with E-state index in [4.69, 9.17) is 9.47 Å². The number of methoxy groups -OCH3 is 1. The first-order chi connectivity index (χ1) is 9.11. The van der Waals surface area contributed by atoms with Gasteiger partial charge in [0.15, 0.2) is 11.5 Å². The minimum absolute atomic E-state index is 0.00743. The summed E-state index contributed by atoms with van der Waals surface area (Å²) in [6.45, 7) is 0.00743. The Bertz CT molecular complexity index is 556. The average molecular weight is 267 g/mol. The molecule has 2 rings (SSSR count). The smallest absolute Gasteiger partial charge is 0.427 e. The third kappa shape index (κ3) is 2.70. The van der Waals surface area contributed by atoms with Gasteiger partial charge in [-0.3, -0.25) is 10.1 Å². The molecule has 0 saturated heterocycles. The Morgan fingerprint density at radius 3 is 2.84 bits per heavy atom. The Hall–Kier alpha value is -2.84. The van der Waals surface area contributed by atoms with Crippen LogP contribution in [0.25, 0.3) is 0 Å². The number of hydrogen-bond acceptors (Lipinski definition) is 7. The van der Waals surface area contributed by atoms with Crippen LogP contribution in [-0.4, -0.2) is 31.1 Å². The van der Waals surface area contributed by atoms with Gasteiger partial charge >= 0.3 is 6.09 Å². The molecule has 19 heavy (non-hydrogen) atoms. The van der Waals surface area contributed by atoms with Crippen molar-refractivity contribution in [1.82, 2.24) is 5.43 Å². The lowest BCUT2D eigenvalue weighted by molar-refractivity contribution is -0.385. The van der Waals surface area contributed by atoms with E-state index < -0.39 is 11.0 Å². The Kier molecular flexibility index (Phi) is 3.46. The quantitative estimate of drug-likeness (QED) is 0.497. The van der Waals surface area contributed by atoms with Crippen LogP contribution in [0.2, 0.25) is 0 Å². The number of nitro groups is 1. The molecule has 0 unspecified atom stereocenters. The second kappa shape index (κ2) is 5.21. The molecular weight excluding hydrogens is 258 g/mol. The summed E-state index contributed by atoms with van der Waals surface area (Å²) in [7, 11) is 1.17. The second-order valence-corrected chi connectivity index (χ2v) is 3.38. The molecule has 0 atom stereocenters. The van der Waals surface area contributed by atoms with Crippen LogP contribution in [0.15, 0.2) is 17.2 Å². The maximum Gasteiger partial charge on any atom is 0.427 e. The van der Waals surface area contributed by atoms with Crippen molar-refractivity contribution in [3.05, 3.63) is 27.8 Å². The zero-order valence-corrected chi connectivity index (χ0v) is 9.78. The number of nitrogens with zero attached hydrogens (tertiary/aromatic N) is 2. The van der Waals surface area contributed by atoms with Gasteiger partial charge in [-0.1, -0.05) is 0 Å². The standard InChI is InChI=1S/C10H9N3O6/c1-17-10(14)12-11-4-6-2-8-9(19-5-18-8)3-7(6)13(15)16/h2-4H,5H2,1H3,(H,12,14). The number of amides is 1. The van der Waals surface area contributed by atoms with Crippen LogP contribution in [0.4, 0.5) is 10.5 Å². The summed E-state index contributed by atoms with van der Waals surface area (Å²) in [6, 6.07) is 2.64. The lowest BCUT2D eigenvalue weighted by Crippen LogP contribution is -2.16. The molecule has 1 aliphatic rings. The van der Waals surface area contributed by atoms with Gasteiger partial charge in [-0.15, -0.1) is 0 Å². The number of hydrazone groups is 1. The summed E-state index contributed by atoms with van der Waals surface area (Å²) < 4.78 is 14.4. The molecule has 0 spiro atoms. The molecule has 0 aliphatic carbocycles. The lowest BCUT2D eigenvalue weighted by atomic mass is 10.1. The number of carbonyl (C=O) groups is 1. The zero-order valence-electron chi connectivity index (χ0n) is 9.78. The maximum absolute atomic E-state index is 10.9. The Labute approximate surface area is 106 Å². The molecule has 9 nitrogen and oxygen atoms in total. The van der Waals surface area contributed by atoms with E-state index >= 15 is 0 Å². The fourth-order valence-electron chi connectivity index (χ4n) is 1.41. The fraction of sp³-hybridized carbons (Fsp3) is 0.200. The molecule has 0 saturated carbocycles. The topological polar surface area (TPSA) is 112 Å². The van der Waals surface area contributed by atoms with E-state index in [-0.39, 0.29) is 18.0 Å². The van der Waals surface area contributed by atoms with Gasteiger partial charge in [-0.25, -0.2) is 10.2 Å². The van der Waals surface area contributed by atoms with Gasteiger partial charge in [0.25, 0.3) is 5.69 Å². The first kappa shape index (κ1) is 12.6. The normalized spacial score (nSPS) is 12.5. The lowest BCUT2D eigenvalue weighted by Gasteiger charge is -2.00. The van der Waals surface area contributed by atoms with Crippen LogP contribution >= 0.6 is 0 Å². The number of benzene rings is 1.